The van der Waals surface area contributed by atoms with Crippen LogP contribution < -0.4 is 10.1 Å². The van der Waals surface area contributed by atoms with Gasteiger partial charge in [-0.05, 0) is 81.1 Å². The van der Waals surface area contributed by atoms with Crippen LogP contribution in [0, 0.1) is 34.6 Å². The van der Waals surface area contributed by atoms with E-state index in [2.05, 4.69) is 50.4 Å². The number of aryl methyl sites for hydroxylation is 5. The van der Waals surface area contributed by atoms with Crippen LogP contribution in [0.1, 0.15) is 39.8 Å². The zero-order valence-electron chi connectivity index (χ0n) is 21.2. The Hall–Kier alpha value is -3.38. The molecule has 0 aromatic heterocycles. The number of hydrogen-bond acceptors (Lipinski definition) is 5. The minimum Gasteiger partial charge on any atom is -0.497 e. The Labute approximate surface area is 211 Å². The van der Waals surface area contributed by atoms with E-state index in [-0.39, 0.29) is 11.7 Å². The number of carbonyl (C=O) groups excluding carboxylic acids is 1. The highest BCUT2D eigenvalue weighted by molar-refractivity contribution is 8.14. The van der Waals surface area contributed by atoms with Crippen molar-refractivity contribution in [2.24, 2.45) is 9.98 Å². The molecular formula is C29H31N3O2S. The van der Waals surface area contributed by atoms with E-state index in [9.17, 15) is 4.79 Å². The van der Waals surface area contributed by atoms with Crippen LogP contribution >= 0.6 is 11.8 Å². The van der Waals surface area contributed by atoms with Gasteiger partial charge in [0.05, 0.1) is 35.0 Å². The van der Waals surface area contributed by atoms with Crippen LogP contribution in [0.5, 0.6) is 5.75 Å². The molecule has 35 heavy (non-hydrogen) atoms. The summed E-state index contributed by atoms with van der Waals surface area (Å²) in [6.45, 7) is 10.3. The molecule has 180 valence electrons. The predicted octanol–water partition coefficient (Wildman–Crippen LogP) is 7.16. The van der Waals surface area contributed by atoms with E-state index in [1.165, 1.54) is 28.5 Å². The number of methoxy groups -OCH3 is 1. The lowest BCUT2D eigenvalue weighted by molar-refractivity contribution is -0.113. The zero-order valence-corrected chi connectivity index (χ0v) is 22.0. The first-order chi connectivity index (χ1) is 16.7. The van der Waals surface area contributed by atoms with Crippen LogP contribution in [0.15, 0.2) is 58.5 Å². The minimum absolute atomic E-state index is 0.0443. The third kappa shape index (κ3) is 5.82. The molecule has 0 atom stereocenters. The van der Waals surface area contributed by atoms with Crippen molar-refractivity contribution in [2.75, 3.05) is 18.2 Å². The number of carbonyl (C=O) groups is 1. The van der Waals surface area contributed by atoms with Crippen LogP contribution in [0.4, 0.5) is 17.1 Å². The number of thioether (sulfide) groups is 1. The summed E-state index contributed by atoms with van der Waals surface area (Å²) < 4.78 is 5.43. The third-order valence-corrected chi connectivity index (χ3v) is 7.10. The number of fused-ring (bicyclic) bond motifs is 1. The van der Waals surface area contributed by atoms with E-state index in [0.29, 0.717) is 6.42 Å². The number of benzene rings is 3. The molecule has 3 aromatic carbocycles. The summed E-state index contributed by atoms with van der Waals surface area (Å²) in [6.07, 6.45) is 0.542. The molecule has 0 spiro atoms. The summed E-state index contributed by atoms with van der Waals surface area (Å²) in [5.41, 5.74) is 10.1. The van der Waals surface area contributed by atoms with Gasteiger partial charge in [-0.3, -0.25) is 9.79 Å². The van der Waals surface area contributed by atoms with E-state index < -0.39 is 0 Å². The Kier molecular flexibility index (Phi) is 7.41. The van der Waals surface area contributed by atoms with Crippen LogP contribution in [-0.2, 0) is 4.79 Å². The largest absolute Gasteiger partial charge is 0.497 e. The van der Waals surface area contributed by atoms with Gasteiger partial charge in [-0.2, -0.15) is 0 Å². The first kappa shape index (κ1) is 24.7. The maximum absolute atomic E-state index is 12.9. The molecule has 0 aliphatic carbocycles. The molecule has 4 rings (SSSR count). The highest BCUT2D eigenvalue weighted by Crippen LogP contribution is 2.36. The fraction of sp³-hybridized carbons (Fsp3) is 0.276. The van der Waals surface area contributed by atoms with Gasteiger partial charge in [0, 0.05) is 17.7 Å². The van der Waals surface area contributed by atoms with Crippen LogP contribution in [0.2, 0.25) is 0 Å². The molecule has 3 aromatic rings. The van der Waals surface area contributed by atoms with E-state index in [1.54, 1.807) is 7.11 Å². The van der Waals surface area contributed by atoms with Gasteiger partial charge in [-0.15, -0.1) is 11.8 Å². The Balaban J connectivity index is 1.60. The maximum atomic E-state index is 12.9. The van der Waals surface area contributed by atoms with Crippen molar-refractivity contribution in [1.82, 2.24) is 0 Å². The molecule has 0 fully saturated rings. The van der Waals surface area contributed by atoms with E-state index in [4.69, 9.17) is 14.7 Å². The normalized spacial score (nSPS) is 12.9. The molecule has 1 amide bonds. The first-order valence-corrected chi connectivity index (χ1v) is 12.6. The van der Waals surface area contributed by atoms with Gasteiger partial charge in [0.15, 0.2) is 0 Å². The second-order valence-electron chi connectivity index (χ2n) is 9.01. The number of aliphatic imine (C=N–C) groups is 2. The molecule has 0 radical (unpaired) electrons. The number of rotatable bonds is 5. The number of nitrogens with one attached hydrogen (secondary N) is 1. The van der Waals surface area contributed by atoms with E-state index in [1.807, 2.05) is 38.1 Å². The van der Waals surface area contributed by atoms with Crippen molar-refractivity contribution in [3.8, 4) is 5.75 Å². The quantitative estimate of drug-likeness (QED) is 0.417. The molecule has 0 saturated heterocycles. The number of amides is 1. The van der Waals surface area contributed by atoms with Crippen LogP contribution in [0.3, 0.4) is 0 Å². The van der Waals surface area contributed by atoms with Crippen molar-refractivity contribution in [2.45, 2.75) is 41.0 Å². The molecule has 0 unspecified atom stereocenters. The summed E-state index contributed by atoms with van der Waals surface area (Å²) in [5, 5.41) is 3.96. The topological polar surface area (TPSA) is 63.1 Å². The fourth-order valence-electron chi connectivity index (χ4n) is 4.22. The first-order valence-electron chi connectivity index (χ1n) is 11.6. The number of anilines is 1. The maximum Gasteiger partial charge on any atom is 0.234 e. The lowest BCUT2D eigenvalue weighted by atomic mass is 10.1. The molecule has 0 bridgehead atoms. The smallest absolute Gasteiger partial charge is 0.234 e. The zero-order chi connectivity index (χ0) is 25.1. The second-order valence-corrected chi connectivity index (χ2v) is 10.1. The van der Waals surface area contributed by atoms with Gasteiger partial charge in [0.1, 0.15) is 5.75 Å². The molecule has 6 heteroatoms. The molecule has 5 nitrogen and oxygen atoms in total. The van der Waals surface area contributed by atoms with Crippen molar-refractivity contribution >= 4 is 45.5 Å². The van der Waals surface area contributed by atoms with Crippen molar-refractivity contribution < 1.29 is 9.53 Å². The highest BCUT2D eigenvalue weighted by atomic mass is 32.2. The predicted molar refractivity (Wildman–Crippen MR) is 149 cm³/mol. The highest BCUT2D eigenvalue weighted by Gasteiger charge is 2.18. The van der Waals surface area contributed by atoms with Crippen molar-refractivity contribution in [1.29, 1.82) is 0 Å². The van der Waals surface area contributed by atoms with Gasteiger partial charge in [-0.25, -0.2) is 4.99 Å². The Morgan fingerprint density at radius 2 is 1.57 bits per heavy atom. The lowest BCUT2D eigenvalue weighted by Crippen LogP contribution is -2.17. The Morgan fingerprint density at radius 1 is 0.914 bits per heavy atom. The lowest BCUT2D eigenvalue weighted by Gasteiger charge is -2.13. The van der Waals surface area contributed by atoms with Gasteiger partial charge in [0.25, 0.3) is 0 Å². The summed E-state index contributed by atoms with van der Waals surface area (Å²) in [5.74, 6) is 1.01. The van der Waals surface area contributed by atoms with Crippen LogP contribution in [0.25, 0.3) is 0 Å². The summed E-state index contributed by atoms with van der Waals surface area (Å²) in [6, 6.07) is 16.2. The van der Waals surface area contributed by atoms with E-state index in [0.717, 1.165) is 50.3 Å². The monoisotopic (exact) mass is 485 g/mol. The fourth-order valence-corrected chi connectivity index (χ4v) is 4.99. The van der Waals surface area contributed by atoms with Crippen LogP contribution in [-0.4, -0.2) is 29.5 Å². The summed E-state index contributed by atoms with van der Waals surface area (Å²) >= 11 is 1.46. The standard InChI is InChI=1S/C29H31N3O2S/c1-17-10-20(4)29(21(5)11-17)32-27(33)16-35-28-15-24(22-8-7-9-23(14-22)34-6)30-25-12-18(2)19(3)13-26(25)31-28/h7-14H,15-16H2,1-6H3,(H,32,33). The molecule has 1 heterocycles. The number of nitrogens with zero attached hydrogens (tertiary/aromatic N) is 2. The molecule has 1 aliphatic heterocycles. The summed E-state index contributed by atoms with van der Waals surface area (Å²) in [4.78, 5) is 22.8. The van der Waals surface area contributed by atoms with E-state index >= 15 is 0 Å². The summed E-state index contributed by atoms with van der Waals surface area (Å²) in [7, 11) is 1.66. The number of hydrogen-bond donors (Lipinski definition) is 1. The third-order valence-electron chi connectivity index (χ3n) is 6.12. The number of ether oxygens (including phenoxy) is 1. The minimum atomic E-state index is -0.0443. The van der Waals surface area contributed by atoms with Gasteiger partial charge in [-0.1, -0.05) is 29.8 Å². The van der Waals surface area contributed by atoms with Crippen molar-refractivity contribution in [3.63, 3.8) is 0 Å². The van der Waals surface area contributed by atoms with Crippen molar-refractivity contribution in [3.05, 3.63) is 81.9 Å². The molecule has 0 saturated carbocycles. The SMILES string of the molecule is COc1cccc(C2=Nc3cc(C)c(C)cc3N=C(SCC(=O)Nc3c(C)cc(C)cc3C)C2)c1. The van der Waals surface area contributed by atoms with Gasteiger partial charge in [0.2, 0.25) is 5.91 Å². The average Bonchev–Trinajstić information content (AvgIpc) is 2.99. The molecule has 1 aliphatic rings. The molecule has 1 N–H and O–H groups in total. The Bertz CT molecular complexity index is 1340. The Morgan fingerprint density at radius 3 is 2.23 bits per heavy atom. The molecular weight excluding hydrogens is 454 g/mol. The second kappa shape index (κ2) is 10.5. The average molecular weight is 486 g/mol. The van der Waals surface area contributed by atoms with Gasteiger partial charge >= 0.3 is 0 Å². The van der Waals surface area contributed by atoms with Gasteiger partial charge < -0.3 is 10.1 Å².